The Morgan fingerprint density at radius 2 is 1.34 bits per heavy atom. The lowest BCUT2D eigenvalue weighted by molar-refractivity contribution is 0.247. The summed E-state index contributed by atoms with van der Waals surface area (Å²) in [5.41, 5.74) is 12.1. The van der Waals surface area contributed by atoms with Gasteiger partial charge in [-0.2, -0.15) is 5.12 Å². The molecule has 0 saturated carbocycles. The van der Waals surface area contributed by atoms with Crippen LogP contribution >= 0.6 is 11.6 Å². The molecule has 0 spiro atoms. The third-order valence-electron chi connectivity index (χ3n) is 5.33. The van der Waals surface area contributed by atoms with E-state index in [0.717, 1.165) is 18.5 Å². The maximum absolute atomic E-state index is 11.4. The Kier molecular flexibility index (Phi) is 5.69. The maximum Gasteiger partial charge on any atom is 0.350 e. The fourth-order valence-corrected chi connectivity index (χ4v) is 4.13. The van der Waals surface area contributed by atoms with E-state index >= 15 is 0 Å². The minimum atomic E-state index is -0.310. The van der Waals surface area contributed by atoms with Crippen LogP contribution in [0.15, 0.2) is 84.9 Å². The Bertz CT molecular complexity index is 908. The van der Waals surface area contributed by atoms with Crippen LogP contribution < -0.4 is 21.5 Å². The van der Waals surface area contributed by atoms with E-state index in [9.17, 15) is 4.79 Å². The van der Waals surface area contributed by atoms with Gasteiger partial charge in [-0.15, -0.1) is 17.1 Å². The van der Waals surface area contributed by atoms with Gasteiger partial charge in [0.25, 0.3) is 0 Å². The summed E-state index contributed by atoms with van der Waals surface area (Å²) in [6.07, 6.45) is 1.78. The molecule has 1 aliphatic heterocycles. The summed E-state index contributed by atoms with van der Waals surface area (Å²) >= 11 is 6.13. The second-order valence-electron chi connectivity index (χ2n) is 6.99. The number of carbonyl (C=O) groups excluding carboxylic acids is 1. The second-order valence-corrected chi connectivity index (χ2v) is 7.37. The van der Waals surface area contributed by atoms with Crippen LogP contribution in [0.4, 0.5) is 10.5 Å². The number of alkyl halides is 1. The summed E-state index contributed by atoms with van der Waals surface area (Å²) < 4.78 is 0. The SMILES string of the molecule is O=C1NNN(c2ccc(C(CCCCl)(c3ccccc3)c3ccccc3)cc2)N1. The third kappa shape index (κ3) is 3.79. The third-order valence-corrected chi connectivity index (χ3v) is 5.60. The largest absolute Gasteiger partial charge is 0.350 e. The van der Waals surface area contributed by atoms with E-state index in [1.807, 2.05) is 24.3 Å². The molecule has 1 saturated heterocycles. The molecule has 0 atom stereocenters. The first-order valence-electron chi connectivity index (χ1n) is 9.64. The van der Waals surface area contributed by atoms with Gasteiger partial charge in [0.2, 0.25) is 0 Å². The van der Waals surface area contributed by atoms with Crippen molar-refractivity contribution in [2.45, 2.75) is 18.3 Å². The van der Waals surface area contributed by atoms with Crippen LogP contribution in [0.5, 0.6) is 0 Å². The Hall–Kier alpha value is -3.02. The summed E-state index contributed by atoms with van der Waals surface area (Å²) in [6, 6.07) is 29.1. The highest BCUT2D eigenvalue weighted by atomic mass is 35.5. The highest BCUT2D eigenvalue weighted by molar-refractivity contribution is 6.17. The number of amides is 2. The van der Waals surface area contributed by atoms with Crippen LogP contribution in [0, 0.1) is 0 Å². The van der Waals surface area contributed by atoms with Gasteiger partial charge in [0.15, 0.2) is 0 Å². The molecule has 1 fully saturated rings. The Morgan fingerprint density at radius 3 is 1.83 bits per heavy atom. The number of benzene rings is 3. The number of hydrogen-bond acceptors (Lipinski definition) is 3. The summed E-state index contributed by atoms with van der Waals surface area (Å²) in [7, 11) is 0. The van der Waals surface area contributed by atoms with Gasteiger partial charge in [-0.05, 0) is 41.7 Å². The summed E-state index contributed by atoms with van der Waals surface area (Å²) in [6.45, 7) is 0. The van der Waals surface area contributed by atoms with Gasteiger partial charge in [0, 0.05) is 11.3 Å². The van der Waals surface area contributed by atoms with Gasteiger partial charge < -0.3 is 0 Å². The van der Waals surface area contributed by atoms with Crippen LogP contribution in [-0.2, 0) is 5.41 Å². The number of nitrogens with zero attached hydrogens (tertiary/aromatic N) is 1. The normalized spacial score (nSPS) is 13.8. The van der Waals surface area contributed by atoms with Crippen LogP contribution in [0.3, 0.4) is 0 Å². The molecule has 6 heteroatoms. The van der Waals surface area contributed by atoms with Crippen LogP contribution in [0.25, 0.3) is 0 Å². The average Bonchev–Trinajstić information content (AvgIpc) is 3.22. The smallest absolute Gasteiger partial charge is 0.252 e. The quantitative estimate of drug-likeness (QED) is 0.400. The topological polar surface area (TPSA) is 56.4 Å². The number of rotatable bonds is 7. The van der Waals surface area contributed by atoms with Crippen molar-refractivity contribution in [3.8, 4) is 0 Å². The number of carbonyl (C=O) groups is 1. The molecule has 4 rings (SSSR count). The van der Waals surface area contributed by atoms with Gasteiger partial charge in [0.1, 0.15) is 0 Å². The van der Waals surface area contributed by atoms with Gasteiger partial charge in [0.05, 0.1) is 5.69 Å². The lowest BCUT2D eigenvalue weighted by atomic mass is 9.67. The molecule has 0 unspecified atom stereocenters. The van der Waals surface area contributed by atoms with E-state index in [2.05, 4.69) is 77.1 Å². The number of urea groups is 1. The first kappa shape index (κ1) is 19.3. The van der Waals surface area contributed by atoms with Crippen LogP contribution in [-0.4, -0.2) is 11.9 Å². The molecule has 1 aliphatic rings. The molecule has 0 aliphatic carbocycles. The van der Waals surface area contributed by atoms with Crippen molar-refractivity contribution in [3.05, 3.63) is 102 Å². The molecule has 1 heterocycles. The molecule has 0 aromatic heterocycles. The highest BCUT2D eigenvalue weighted by Crippen LogP contribution is 2.43. The van der Waals surface area contributed by atoms with E-state index < -0.39 is 0 Å². The van der Waals surface area contributed by atoms with Crippen LogP contribution in [0.2, 0.25) is 0 Å². The molecule has 3 aromatic carbocycles. The van der Waals surface area contributed by atoms with Gasteiger partial charge >= 0.3 is 6.03 Å². The summed E-state index contributed by atoms with van der Waals surface area (Å²) in [4.78, 5) is 11.4. The van der Waals surface area contributed by atoms with Crippen molar-refractivity contribution >= 4 is 23.3 Å². The van der Waals surface area contributed by atoms with Gasteiger partial charge in [-0.1, -0.05) is 72.8 Å². The van der Waals surface area contributed by atoms with Crippen molar-refractivity contribution in [1.82, 2.24) is 16.4 Å². The molecule has 3 N–H and O–H groups in total. The highest BCUT2D eigenvalue weighted by Gasteiger charge is 2.35. The minimum Gasteiger partial charge on any atom is -0.252 e. The Morgan fingerprint density at radius 1 is 0.793 bits per heavy atom. The fraction of sp³-hybridized carbons (Fsp3) is 0.174. The van der Waals surface area contributed by atoms with E-state index in [1.54, 1.807) is 5.12 Å². The molecule has 0 bridgehead atoms. The Balaban J connectivity index is 1.82. The average molecular weight is 407 g/mol. The van der Waals surface area contributed by atoms with E-state index in [0.29, 0.717) is 5.88 Å². The zero-order valence-electron chi connectivity index (χ0n) is 15.9. The lowest BCUT2D eigenvalue weighted by Gasteiger charge is -2.36. The lowest BCUT2D eigenvalue weighted by Crippen LogP contribution is -2.40. The fourth-order valence-electron chi connectivity index (χ4n) is 4.00. The monoisotopic (exact) mass is 406 g/mol. The van der Waals surface area contributed by atoms with Gasteiger partial charge in [-0.25, -0.2) is 10.2 Å². The zero-order valence-corrected chi connectivity index (χ0v) is 16.7. The summed E-state index contributed by atoms with van der Waals surface area (Å²) in [5, 5.41) is 1.55. The molecular formula is C23H23ClN4O. The number of halogens is 1. The van der Waals surface area contributed by atoms with Gasteiger partial charge in [-0.3, -0.25) is 5.43 Å². The predicted octanol–water partition coefficient (Wildman–Crippen LogP) is 4.49. The van der Waals surface area contributed by atoms with Crippen LogP contribution in [0.1, 0.15) is 29.5 Å². The predicted molar refractivity (Wildman–Crippen MR) is 116 cm³/mol. The van der Waals surface area contributed by atoms with E-state index in [-0.39, 0.29) is 11.4 Å². The van der Waals surface area contributed by atoms with Crippen molar-refractivity contribution in [2.75, 3.05) is 11.0 Å². The minimum absolute atomic E-state index is 0.292. The standard InChI is InChI=1S/C23H23ClN4O/c24-17-7-16-23(18-8-3-1-4-9-18,19-10-5-2-6-11-19)20-12-14-21(15-13-20)28-26-22(29)25-27-28/h1-6,8-15,27H,7,16-17H2,(H2,25,26,29). The first-order chi connectivity index (χ1) is 14.2. The van der Waals surface area contributed by atoms with E-state index in [1.165, 1.54) is 16.7 Å². The molecule has 3 aromatic rings. The maximum atomic E-state index is 11.4. The molecule has 5 nitrogen and oxygen atoms in total. The van der Waals surface area contributed by atoms with Crippen molar-refractivity contribution in [1.29, 1.82) is 0 Å². The Labute approximate surface area is 175 Å². The molecule has 148 valence electrons. The van der Waals surface area contributed by atoms with Crippen molar-refractivity contribution in [2.24, 2.45) is 0 Å². The molecule has 2 amide bonds. The molecule has 29 heavy (non-hydrogen) atoms. The number of nitrogens with one attached hydrogen (secondary N) is 3. The van der Waals surface area contributed by atoms with E-state index in [4.69, 9.17) is 11.6 Å². The number of hydrazine groups is 3. The molecule has 0 radical (unpaired) electrons. The zero-order chi connectivity index (χ0) is 20.1. The first-order valence-corrected chi connectivity index (χ1v) is 10.2. The van der Waals surface area contributed by atoms with Crippen molar-refractivity contribution in [3.63, 3.8) is 0 Å². The second kappa shape index (κ2) is 8.55. The molecular weight excluding hydrogens is 384 g/mol. The number of anilines is 1. The number of hydrogen-bond donors (Lipinski definition) is 3. The summed E-state index contributed by atoms with van der Waals surface area (Å²) in [5.74, 6) is 0.606. The van der Waals surface area contributed by atoms with Crippen molar-refractivity contribution < 1.29 is 4.79 Å².